The van der Waals surface area contributed by atoms with Gasteiger partial charge in [0.15, 0.2) is 0 Å². The Hall–Kier alpha value is -1.21. The quantitative estimate of drug-likeness (QED) is 0.605. The van der Waals surface area contributed by atoms with Crippen molar-refractivity contribution < 1.29 is 0 Å². The van der Waals surface area contributed by atoms with Gasteiger partial charge in [-0.1, -0.05) is 54.7 Å². The van der Waals surface area contributed by atoms with Crippen LogP contribution < -0.4 is 0 Å². The van der Waals surface area contributed by atoms with Crippen LogP contribution in [0.1, 0.15) is 12.0 Å². The lowest BCUT2D eigenvalue weighted by molar-refractivity contribution is 1.49. The molecule has 0 fully saturated rings. The van der Waals surface area contributed by atoms with Crippen molar-refractivity contribution in [1.82, 2.24) is 0 Å². The van der Waals surface area contributed by atoms with Gasteiger partial charge in [-0.15, -0.1) is 0 Å². The smallest absolute Gasteiger partial charge is 0.0268 e. The second-order valence-corrected chi connectivity index (χ2v) is 3.42. The molecule has 1 aromatic carbocycles. The standard InChI is InChI=1S/C12H9S/c13-12-9-5-4-8-11(12)10-6-2-1-3-7-10/h2-8H,9H2. The highest BCUT2D eigenvalue weighted by Crippen LogP contribution is 2.21. The normalized spacial score (nSPS) is 15.7. The Kier molecular flexibility index (Phi) is 2.37. The van der Waals surface area contributed by atoms with E-state index in [1.807, 2.05) is 24.3 Å². The van der Waals surface area contributed by atoms with Crippen molar-refractivity contribution in [2.45, 2.75) is 6.42 Å². The summed E-state index contributed by atoms with van der Waals surface area (Å²) < 4.78 is 0. The zero-order valence-electron chi connectivity index (χ0n) is 7.16. The van der Waals surface area contributed by atoms with E-state index in [1.54, 1.807) is 0 Å². The molecule has 2 rings (SSSR count). The molecule has 0 amide bonds. The Morgan fingerprint density at radius 1 is 1.23 bits per heavy atom. The first-order chi connectivity index (χ1) is 6.38. The molecule has 13 heavy (non-hydrogen) atoms. The third-order valence-corrected chi connectivity index (χ3v) is 2.42. The fourth-order valence-electron chi connectivity index (χ4n) is 1.37. The topological polar surface area (TPSA) is 0 Å². The van der Waals surface area contributed by atoms with Gasteiger partial charge in [-0.25, -0.2) is 0 Å². The number of allylic oxidation sites excluding steroid dienone is 4. The molecule has 0 saturated carbocycles. The van der Waals surface area contributed by atoms with Crippen LogP contribution in [0.2, 0.25) is 0 Å². The monoisotopic (exact) mass is 185 g/mol. The van der Waals surface area contributed by atoms with Crippen molar-refractivity contribution in [3.8, 4) is 0 Å². The average Bonchev–Trinajstić information content (AvgIpc) is 2.20. The van der Waals surface area contributed by atoms with E-state index in [9.17, 15) is 0 Å². The zero-order chi connectivity index (χ0) is 9.10. The summed E-state index contributed by atoms with van der Waals surface area (Å²) in [4.78, 5) is 1.02. The highest BCUT2D eigenvalue weighted by molar-refractivity contribution is 7.81. The van der Waals surface area contributed by atoms with Crippen molar-refractivity contribution in [3.05, 3.63) is 54.1 Å². The lowest BCUT2D eigenvalue weighted by atomic mass is 9.97. The van der Waals surface area contributed by atoms with Crippen LogP contribution in [0.15, 0.2) is 42.5 Å². The molecule has 0 saturated heterocycles. The van der Waals surface area contributed by atoms with E-state index in [0.717, 1.165) is 11.3 Å². The molecule has 1 heteroatoms. The minimum absolute atomic E-state index is 0.889. The lowest BCUT2D eigenvalue weighted by Gasteiger charge is -2.09. The molecule has 0 unspecified atom stereocenters. The first-order valence-electron chi connectivity index (χ1n) is 4.24. The Balaban J connectivity index is 2.41. The lowest BCUT2D eigenvalue weighted by Crippen LogP contribution is -1.99. The van der Waals surface area contributed by atoms with Gasteiger partial charge in [-0.2, -0.15) is 0 Å². The van der Waals surface area contributed by atoms with Crippen LogP contribution in [0.3, 0.4) is 0 Å². The van der Waals surface area contributed by atoms with Crippen LogP contribution in [0.5, 0.6) is 0 Å². The fraction of sp³-hybridized carbons (Fsp3) is 0.0833. The van der Waals surface area contributed by atoms with Gasteiger partial charge >= 0.3 is 0 Å². The van der Waals surface area contributed by atoms with Crippen molar-refractivity contribution in [2.24, 2.45) is 0 Å². The van der Waals surface area contributed by atoms with Gasteiger partial charge in [0.1, 0.15) is 0 Å². The van der Waals surface area contributed by atoms with Gasteiger partial charge in [-0.3, -0.25) is 0 Å². The van der Waals surface area contributed by atoms with E-state index in [2.05, 4.69) is 24.3 Å². The number of hydrogen-bond donors (Lipinski definition) is 0. The second kappa shape index (κ2) is 3.67. The largest absolute Gasteiger partial charge is 0.0839 e. The molecule has 0 aromatic heterocycles. The predicted octanol–water partition coefficient (Wildman–Crippen LogP) is 3.20. The number of hydrogen-bond acceptors (Lipinski definition) is 1. The van der Waals surface area contributed by atoms with Crippen molar-refractivity contribution in [3.63, 3.8) is 0 Å². The predicted molar refractivity (Wildman–Crippen MR) is 59.6 cm³/mol. The van der Waals surface area contributed by atoms with E-state index in [4.69, 9.17) is 12.2 Å². The van der Waals surface area contributed by atoms with E-state index in [-0.39, 0.29) is 0 Å². The summed E-state index contributed by atoms with van der Waals surface area (Å²) in [6.45, 7) is 0. The molecule has 63 valence electrons. The third kappa shape index (κ3) is 1.76. The van der Waals surface area contributed by atoms with Crippen molar-refractivity contribution >= 4 is 22.7 Å². The van der Waals surface area contributed by atoms with Crippen LogP contribution in [0.4, 0.5) is 0 Å². The van der Waals surface area contributed by atoms with Crippen LogP contribution >= 0.6 is 12.2 Å². The minimum Gasteiger partial charge on any atom is -0.0839 e. The average molecular weight is 185 g/mol. The van der Waals surface area contributed by atoms with Gasteiger partial charge in [0, 0.05) is 11.3 Å². The molecule has 0 atom stereocenters. The second-order valence-electron chi connectivity index (χ2n) is 2.92. The summed E-state index contributed by atoms with van der Waals surface area (Å²) >= 11 is 5.28. The van der Waals surface area contributed by atoms with Gasteiger partial charge < -0.3 is 0 Å². The Morgan fingerprint density at radius 2 is 2.00 bits per heavy atom. The molecular formula is C12H9S. The zero-order valence-corrected chi connectivity index (χ0v) is 7.97. The number of rotatable bonds is 1. The summed E-state index contributed by atoms with van der Waals surface area (Å²) in [5.41, 5.74) is 2.36. The van der Waals surface area contributed by atoms with Crippen LogP contribution in [-0.2, 0) is 0 Å². The molecule has 1 radical (unpaired) electrons. The molecule has 0 heterocycles. The van der Waals surface area contributed by atoms with Crippen molar-refractivity contribution in [2.75, 3.05) is 0 Å². The number of benzene rings is 1. The van der Waals surface area contributed by atoms with E-state index < -0.39 is 0 Å². The van der Waals surface area contributed by atoms with Crippen LogP contribution in [0, 0.1) is 6.07 Å². The SMILES string of the molecule is S=C1CC=CC=C1c1cc[c]cc1. The molecular weight excluding hydrogens is 176 g/mol. The highest BCUT2D eigenvalue weighted by atomic mass is 32.1. The molecule has 1 aliphatic rings. The maximum Gasteiger partial charge on any atom is 0.0268 e. The highest BCUT2D eigenvalue weighted by Gasteiger charge is 2.07. The third-order valence-electron chi connectivity index (χ3n) is 2.03. The Labute approximate surface area is 83.6 Å². The number of thiocarbonyl (C=S) groups is 1. The summed E-state index contributed by atoms with van der Waals surface area (Å²) in [5.74, 6) is 0. The first-order valence-corrected chi connectivity index (χ1v) is 4.65. The Bertz CT molecular complexity index is 371. The molecule has 0 bridgehead atoms. The summed E-state index contributed by atoms with van der Waals surface area (Å²) in [6.07, 6.45) is 7.10. The first kappa shape index (κ1) is 8.39. The molecule has 0 N–H and O–H groups in total. The molecule has 0 aliphatic heterocycles. The van der Waals surface area contributed by atoms with Crippen molar-refractivity contribution in [1.29, 1.82) is 0 Å². The van der Waals surface area contributed by atoms with E-state index in [0.29, 0.717) is 0 Å². The summed E-state index contributed by atoms with van der Waals surface area (Å²) in [5, 5.41) is 0. The summed E-state index contributed by atoms with van der Waals surface area (Å²) in [7, 11) is 0. The van der Waals surface area contributed by atoms with Crippen LogP contribution in [-0.4, -0.2) is 4.86 Å². The molecule has 1 aromatic rings. The Morgan fingerprint density at radius 3 is 2.69 bits per heavy atom. The molecule has 0 nitrogen and oxygen atoms in total. The van der Waals surface area contributed by atoms with Crippen LogP contribution in [0.25, 0.3) is 5.57 Å². The maximum atomic E-state index is 5.28. The fourth-order valence-corrected chi connectivity index (χ4v) is 1.65. The minimum atomic E-state index is 0.889. The maximum absolute atomic E-state index is 5.28. The van der Waals surface area contributed by atoms with Gasteiger partial charge in [0.05, 0.1) is 0 Å². The molecule has 1 aliphatic carbocycles. The van der Waals surface area contributed by atoms with E-state index >= 15 is 0 Å². The summed E-state index contributed by atoms with van der Waals surface area (Å²) in [6, 6.07) is 10.9. The molecule has 0 spiro atoms. The van der Waals surface area contributed by atoms with E-state index in [1.165, 1.54) is 11.1 Å². The van der Waals surface area contributed by atoms with Gasteiger partial charge in [0.25, 0.3) is 0 Å². The van der Waals surface area contributed by atoms with Gasteiger partial charge in [0.2, 0.25) is 0 Å². The van der Waals surface area contributed by atoms with Gasteiger partial charge in [-0.05, 0) is 17.2 Å².